The number of nitrogens with zero attached hydrogens (tertiary/aromatic N) is 6. The minimum atomic E-state index is 0.0914. The van der Waals surface area contributed by atoms with Crippen LogP contribution in [0.15, 0.2) is 39.0 Å². The summed E-state index contributed by atoms with van der Waals surface area (Å²) < 4.78 is 3.45. The first-order valence-corrected chi connectivity index (χ1v) is 10.5. The number of benzene rings is 1. The van der Waals surface area contributed by atoms with E-state index in [4.69, 9.17) is 0 Å². The standard InChI is InChI=1S/C15H16N6OS3/c1-2-8-21-13(16-19-20-21)10-24-15-18-17-14(25-15)23-9-12(22)11-6-4-3-5-7-11/h3-7H,2,8-10H2,1H3. The maximum absolute atomic E-state index is 12.1. The summed E-state index contributed by atoms with van der Waals surface area (Å²) in [7, 11) is 0. The summed E-state index contributed by atoms with van der Waals surface area (Å²) in [4.78, 5) is 12.1. The average Bonchev–Trinajstić information content (AvgIpc) is 3.28. The van der Waals surface area contributed by atoms with Gasteiger partial charge in [-0.05, 0) is 16.8 Å². The molecule has 0 aliphatic carbocycles. The molecular weight excluding hydrogens is 376 g/mol. The Morgan fingerprint density at radius 2 is 1.88 bits per heavy atom. The number of aromatic nitrogens is 6. The quantitative estimate of drug-likeness (QED) is 0.405. The number of rotatable bonds is 9. The lowest BCUT2D eigenvalue weighted by Gasteiger charge is -2.00. The molecule has 0 aliphatic heterocycles. The summed E-state index contributed by atoms with van der Waals surface area (Å²) >= 11 is 4.45. The van der Waals surface area contributed by atoms with Crippen LogP contribution < -0.4 is 0 Å². The van der Waals surface area contributed by atoms with E-state index in [1.54, 1.807) is 11.8 Å². The lowest BCUT2D eigenvalue weighted by molar-refractivity contribution is 0.102. The molecule has 3 rings (SSSR count). The van der Waals surface area contributed by atoms with Crippen LogP contribution >= 0.6 is 34.9 Å². The van der Waals surface area contributed by atoms with Gasteiger partial charge in [-0.1, -0.05) is 72.1 Å². The van der Waals surface area contributed by atoms with Gasteiger partial charge in [0.05, 0.1) is 11.5 Å². The van der Waals surface area contributed by atoms with Gasteiger partial charge in [0.15, 0.2) is 20.3 Å². The van der Waals surface area contributed by atoms with Crippen LogP contribution in [-0.2, 0) is 12.3 Å². The molecule has 130 valence electrons. The highest BCUT2D eigenvalue weighted by Crippen LogP contribution is 2.30. The van der Waals surface area contributed by atoms with Crippen LogP contribution in [0.3, 0.4) is 0 Å². The van der Waals surface area contributed by atoms with Crippen molar-refractivity contribution >= 4 is 40.6 Å². The Kier molecular flexibility index (Phi) is 6.54. The monoisotopic (exact) mass is 392 g/mol. The topological polar surface area (TPSA) is 86.4 Å². The molecule has 7 nitrogen and oxygen atoms in total. The van der Waals surface area contributed by atoms with E-state index in [1.807, 2.05) is 35.0 Å². The minimum Gasteiger partial charge on any atom is -0.293 e. The second-order valence-corrected chi connectivity index (χ2v) is 8.44. The van der Waals surface area contributed by atoms with Crippen LogP contribution in [0.25, 0.3) is 0 Å². The molecule has 0 spiro atoms. The summed E-state index contributed by atoms with van der Waals surface area (Å²) in [5.41, 5.74) is 0.719. The van der Waals surface area contributed by atoms with E-state index < -0.39 is 0 Å². The second kappa shape index (κ2) is 9.07. The molecular formula is C15H16N6OS3. The third-order valence-corrected chi connectivity index (χ3v) is 6.36. The van der Waals surface area contributed by atoms with Crippen molar-refractivity contribution in [3.63, 3.8) is 0 Å². The summed E-state index contributed by atoms with van der Waals surface area (Å²) in [5.74, 6) is 1.93. The van der Waals surface area contributed by atoms with Gasteiger partial charge in [-0.15, -0.1) is 15.3 Å². The fourth-order valence-electron chi connectivity index (χ4n) is 1.99. The smallest absolute Gasteiger partial charge is 0.175 e. The molecule has 0 fully saturated rings. The van der Waals surface area contributed by atoms with Crippen LogP contribution in [0.4, 0.5) is 0 Å². The fourth-order valence-corrected chi connectivity index (χ4v) is 4.83. The lowest BCUT2D eigenvalue weighted by Crippen LogP contribution is -2.04. The zero-order valence-electron chi connectivity index (χ0n) is 13.5. The zero-order chi connectivity index (χ0) is 17.5. The highest BCUT2D eigenvalue weighted by molar-refractivity contribution is 8.03. The minimum absolute atomic E-state index is 0.0914. The summed E-state index contributed by atoms with van der Waals surface area (Å²) in [6.45, 7) is 2.89. The molecule has 0 aliphatic rings. The van der Waals surface area contributed by atoms with Gasteiger partial charge in [0.25, 0.3) is 0 Å². The molecule has 3 aromatic rings. The van der Waals surface area contributed by atoms with Crippen molar-refractivity contribution < 1.29 is 4.79 Å². The first kappa shape index (κ1) is 18.0. The Bertz CT molecular complexity index is 820. The predicted octanol–water partition coefficient (Wildman–Crippen LogP) is 3.20. The number of carbonyl (C=O) groups excluding carboxylic acids is 1. The molecule has 0 radical (unpaired) electrons. The van der Waals surface area contributed by atoms with Gasteiger partial charge in [-0.2, -0.15) is 0 Å². The first-order valence-electron chi connectivity index (χ1n) is 7.68. The Hall–Kier alpha value is -1.78. The molecule has 1 aromatic carbocycles. The van der Waals surface area contributed by atoms with Crippen molar-refractivity contribution in [3.05, 3.63) is 41.7 Å². The van der Waals surface area contributed by atoms with E-state index >= 15 is 0 Å². The number of ketones is 1. The molecule has 0 amide bonds. The summed E-state index contributed by atoms with van der Waals surface area (Å²) in [6, 6.07) is 9.28. The Morgan fingerprint density at radius 3 is 2.64 bits per heavy atom. The van der Waals surface area contributed by atoms with Gasteiger partial charge in [0.2, 0.25) is 0 Å². The van der Waals surface area contributed by atoms with Gasteiger partial charge in [0.1, 0.15) is 0 Å². The van der Waals surface area contributed by atoms with Gasteiger partial charge in [-0.25, -0.2) is 4.68 Å². The third-order valence-electron chi connectivity index (χ3n) is 3.18. The van der Waals surface area contributed by atoms with Crippen LogP contribution in [-0.4, -0.2) is 41.9 Å². The maximum atomic E-state index is 12.1. The van der Waals surface area contributed by atoms with Gasteiger partial charge in [-0.3, -0.25) is 4.79 Å². The maximum Gasteiger partial charge on any atom is 0.175 e. The lowest BCUT2D eigenvalue weighted by atomic mass is 10.2. The molecule has 0 unspecified atom stereocenters. The van der Waals surface area contributed by atoms with Crippen LogP contribution in [0.5, 0.6) is 0 Å². The molecule has 0 saturated carbocycles. The summed E-state index contributed by atoms with van der Waals surface area (Å²) in [5, 5.41) is 20.0. The van der Waals surface area contributed by atoms with Crippen molar-refractivity contribution in [3.8, 4) is 0 Å². The molecule has 0 saturated heterocycles. The molecule has 0 atom stereocenters. The number of thioether (sulfide) groups is 2. The number of hydrogen-bond acceptors (Lipinski definition) is 9. The third kappa shape index (κ3) is 5.10. The largest absolute Gasteiger partial charge is 0.293 e. The van der Waals surface area contributed by atoms with E-state index in [2.05, 4.69) is 32.6 Å². The van der Waals surface area contributed by atoms with Crippen LogP contribution in [0, 0.1) is 0 Å². The van der Waals surface area contributed by atoms with E-state index in [0.29, 0.717) is 11.5 Å². The van der Waals surface area contributed by atoms with Crippen LogP contribution in [0.2, 0.25) is 0 Å². The molecule has 2 aromatic heterocycles. The Labute approximate surface area is 157 Å². The number of hydrogen-bond donors (Lipinski definition) is 0. The van der Waals surface area contributed by atoms with Crippen molar-refractivity contribution in [1.29, 1.82) is 0 Å². The summed E-state index contributed by atoms with van der Waals surface area (Å²) in [6.07, 6.45) is 0.984. The zero-order valence-corrected chi connectivity index (χ0v) is 16.0. The number of aryl methyl sites for hydroxylation is 1. The van der Waals surface area contributed by atoms with Gasteiger partial charge in [0, 0.05) is 12.1 Å². The highest BCUT2D eigenvalue weighted by Gasteiger charge is 2.12. The second-order valence-electron chi connectivity index (χ2n) is 5.02. The predicted molar refractivity (Wildman–Crippen MR) is 99.1 cm³/mol. The normalized spacial score (nSPS) is 10.9. The molecule has 2 heterocycles. The highest BCUT2D eigenvalue weighted by atomic mass is 32.2. The van der Waals surface area contributed by atoms with Crippen molar-refractivity contribution in [2.24, 2.45) is 0 Å². The van der Waals surface area contributed by atoms with Gasteiger partial charge < -0.3 is 0 Å². The van der Waals surface area contributed by atoms with Crippen LogP contribution in [0.1, 0.15) is 29.5 Å². The van der Waals surface area contributed by atoms with Crippen molar-refractivity contribution in [2.75, 3.05) is 5.75 Å². The molecule has 0 N–H and O–H groups in total. The molecule has 0 bridgehead atoms. The average molecular weight is 393 g/mol. The SMILES string of the molecule is CCCn1nnnc1CSc1nnc(SCC(=O)c2ccccc2)s1. The fraction of sp³-hybridized carbons (Fsp3) is 0.333. The van der Waals surface area contributed by atoms with E-state index in [9.17, 15) is 4.79 Å². The van der Waals surface area contributed by atoms with E-state index in [-0.39, 0.29) is 5.78 Å². The molecule has 25 heavy (non-hydrogen) atoms. The van der Waals surface area contributed by atoms with E-state index in [1.165, 1.54) is 23.1 Å². The van der Waals surface area contributed by atoms with Gasteiger partial charge >= 0.3 is 0 Å². The Balaban J connectivity index is 1.50. The number of carbonyl (C=O) groups is 1. The van der Waals surface area contributed by atoms with Crippen molar-refractivity contribution in [1.82, 2.24) is 30.4 Å². The van der Waals surface area contributed by atoms with Crippen molar-refractivity contribution in [2.45, 2.75) is 34.3 Å². The molecule has 10 heteroatoms. The Morgan fingerprint density at radius 1 is 1.12 bits per heavy atom. The van der Waals surface area contributed by atoms with E-state index in [0.717, 1.165) is 33.0 Å². The number of tetrazole rings is 1. The number of Topliss-reactive ketones (excluding diaryl/α,β-unsaturated/α-hetero) is 1. The first-order chi connectivity index (χ1) is 12.3.